The van der Waals surface area contributed by atoms with Gasteiger partial charge in [0, 0.05) is 16.6 Å². The number of aliphatic hydroxyl groups excluding tert-OH is 1. The summed E-state index contributed by atoms with van der Waals surface area (Å²) in [7, 11) is 0. The molecule has 6 atom stereocenters. The first-order chi connectivity index (χ1) is 14.3. The van der Waals surface area contributed by atoms with Crippen molar-refractivity contribution >= 4 is 35.1 Å². The second kappa shape index (κ2) is 9.18. The second-order valence-electron chi connectivity index (χ2n) is 7.84. The zero-order chi connectivity index (χ0) is 22.0. The quantitative estimate of drug-likeness (QED) is 0.529. The number of nitrogens with one attached hydrogen (secondary N) is 1. The summed E-state index contributed by atoms with van der Waals surface area (Å²) in [6.45, 7) is 5.19. The van der Waals surface area contributed by atoms with Crippen molar-refractivity contribution < 1.29 is 24.2 Å². The lowest BCUT2D eigenvalue weighted by Crippen LogP contribution is -2.49. The van der Waals surface area contributed by atoms with Gasteiger partial charge in [-0.3, -0.25) is 14.4 Å². The van der Waals surface area contributed by atoms with E-state index in [2.05, 4.69) is 5.32 Å². The molecular weight excluding hydrogens is 408 g/mol. The molecule has 0 saturated carbocycles. The van der Waals surface area contributed by atoms with E-state index in [0.717, 1.165) is 0 Å². The van der Waals surface area contributed by atoms with Gasteiger partial charge < -0.3 is 20.1 Å². The minimum Gasteiger partial charge on any atom is -0.466 e. The molecule has 2 N–H and O–H groups in total. The number of anilines is 1. The lowest BCUT2D eigenvalue weighted by atomic mass is 9.70. The zero-order valence-electron chi connectivity index (χ0n) is 17.2. The molecular formula is C22H27ClN2O5. The van der Waals surface area contributed by atoms with E-state index in [1.54, 1.807) is 38.1 Å². The lowest BCUT2D eigenvalue weighted by molar-refractivity contribution is -0.155. The van der Waals surface area contributed by atoms with Gasteiger partial charge in [0.25, 0.3) is 0 Å². The van der Waals surface area contributed by atoms with E-state index in [9.17, 15) is 19.5 Å². The number of hydrogen-bond acceptors (Lipinski definition) is 5. The standard InChI is InChI=1S/C22H27ClN2O5/c1-4-30-22(29)17-12(2)5-10-16-18(17)21(28)25(13(3)11-26)19(16)20(27)24-15-8-6-14(23)7-9-15/h5-10,12-13,16-19,26H,4,11H2,1-3H3,(H,24,27)/t12-,13-,16+,17-,18+,19+/m1/s1. The number of benzene rings is 1. The number of fused-ring (bicyclic) bond motifs is 1. The summed E-state index contributed by atoms with van der Waals surface area (Å²) in [5, 5.41) is 13.1. The van der Waals surface area contributed by atoms with Crippen molar-refractivity contribution in [1.82, 2.24) is 4.90 Å². The van der Waals surface area contributed by atoms with E-state index >= 15 is 0 Å². The summed E-state index contributed by atoms with van der Waals surface area (Å²) in [5.74, 6) is -3.20. The van der Waals surface area contributed by atoms with Crippen LogP contribution in [0.3, 0.4) is 0 Å². The van der Waals surface area contributed by atoms with Gasteiger partial charge in [-0.05, 0) is 44.0 Å². The zero-order valence-corrected chi connectivity index (χ0v) is 18.0. The summed E-state index contributed by atoms with van der Waals surface area (Å²) in [6, 6.07) is 5.25. The minimum atomic E-state index is -0.846. The highest BCUT2D eigenvalue weighted by Crippen LogP contribution is 2.45. The van der Waals surface area contributed by atoms with Gasteiger partial charge in [-0.2, -0.15) is 0 Å². The van der Waals surface area contributed by atoms with Crippen LogP contribution >= 0.6 is 11.6 Å². The molecule has 0 spiro atoms. The van der Waals surface area contributed by atoms with Crippen LogP contribution in [-0.4, -0.2) is 53.1 Å². The number of allylic oxidation sites excluding steroid dienone is 1. The van der Waals surface area contributed by atoms with Crippen molar-refractivity contribution in [3.05, 3.63) is 41.4 Å². The van der Waals surface area contributed by atoms with Gasteiger partial charge in [0.05, 0.1) is 31.1 Å². The van der Waals surface area contributed by atoms with E-state index < -0.39 is 35.8 Å². The molecule has 1 aliphatic carbocycles. The Morgan fingerprint density at radius 1 is 1.27 bits per heavy atom. The molecule has 3 rings (SSSR count). The monoisotopic (exact) mass is 434 g/mol. The average molecular weight is 435 g/mol. The molecule has 8 heteroatoms. The predicted octanol–water partition coefficient (Wildman–Crippen LogP) is 2.49. The van der Waals surface area contributed by atoms with Gasteiger partial charge >= 0.3 is 5.97 Å². The fraction of sp³-hybridized carbons (Fsp3) is 0.500. The number of amides is 2. The Bertz CT molecular complexity index is 840. The van der Waals surface area contributed by atoms with Crippen LogP contribution < -0.4 is 5.32 Å². The number of aliphatic hydroxyl groups is 1. The Kier molecular flexibility index (Phi) is 6.83. The van der Waals surface area contributed by atoms with Crippen LogP contribution in [0.5, 0.6) is 0 Å². The number of halogens is 1. The Hall–Kier alpha value is -2.38. The summed E-state index contributed by atoms with van der Waals surface area (Å²) < 4.78 is 5.23. The van der Waals surface area contributed by atoms with Gasteiger partial charge in [-0.15, -0.1) is 0 Å². The maximum Gasteiger partial charge on any atom is 0.310 e. The Balaban J connectivity index is 1.96. The number of ether oxygens (including phenoxy) is 1. The lowest BCUT2D eigenvalue weighted by Gasteiger charge is -2.32. The molecule has 1 heterocycles. The van der Waals surface area contributed by atoms with Gasteiger partial charge in [-0.25, -0.2) is 0 Å². The number of esters is 1. The number of carbonyl (C=O) groups is 3. The third-order valence-corrected chi connectivity index (χ3v) is 6.14. The van der Waals surface area contributed by atoms with Crippen molar-refractivity contribution in [3.8, 4) is 0 Å². The Morgan fingerprint density at radius 2 is 1.93 bits per heavy atom. The van der Waals surface area contributed by atoms with Crippen LogP contribution in [-0.2, 0) is 19.1 Å². The van der Waals surface area contributed by atoms with E-state index in [1.807, 2.05) is 19.1 Å². The molecule has 1 aromatic rings. The molecule has 0 bridgehead atoms. The normalized spacial score (nSPS) is 28.8. The molecule has 2 amide bonds. The number of nitrogens with zero attached hydrogens (tertiary/aromatic N) is 1. The van der Waals surface area contributed by atoms with Crippen molar-refractivity contribution in [2.75, 3.05) is 18.5 Å². The molecule has 2 aliphatic rings. The highest BCUT2D eigenvalue weighted by Gasteiger charge is 2.58. The number of rotatable bonds is 6. The number of likely N-dealkylation sites (tertiary alicyclic amines) is 1. The molecule has 162 valence electrons. The van der Waals surface area contributed by atoms with Crippen LogP contribution in [0.2, 0.25) is 5.02 Å². The second-order valence-corrected chi connectivity index (χ2v) is 8.28. The van der Waals surface area contributed by atoms with Crippen LogP contribution in [0, 0.1) is 23.7 Å². The number of carbonyl (C=O) groups excluding carboxylic acids is 3. The topological polar surface area (TPSA) is 95.9 Å². The highest BCUT2D eigenvalue weighted by atomic mass is 35.5. The molecule has 7 nitrogen and oxygen atoms in total. The van der Waals surface area contributed by atoms with Crippen molar-refractivity contribution in [1.29, 1.82) is 0 Å². The van der Waals surface area contributed by atoms with Crippen LogP contribution in [0.1, 0.15) is 20.8 Å². The minimum absolute atomic E-state index is 0.196. The van der Waals surface area contributed by atoms with Gasteiger partial charge in [0.15, 0.2) is 0 Å². The first kappa shape index (κ1) is 22.3. The third kappa shape index (κ3) is 4.09. The SMILES string of the molecule is CCOC(=O)[C@H]1[C@H]2C(=O)N([C@H](C)CO)[C@H](C(=O)Nc3ccc(Cl)cc3)[C@H]2C=C[C@H]1C. The molecule has 0 aromatic heterocycles. The van der Waals surface area contributed by atoms with Crippen molar-refractivity contribution in [2.45, 2.75) is 32.9 Å². The van der Waals surface area contributed by atoms with Crippen LogP contribution in [0.25, 0.3) is 0 Å². The first-order valence-electron chi connectivity index (χ1n) is 10.1. The molecule has 1 aliphatic heterocycles. The largest absolute Gasteiger partial charge is 0.466 e. The van der Waals surface area contributed by atoms with E-state index in [1.165, 1.54) is 4.90 Å². The Labute approximate surface area is 181 Å². The maximum absolute atomic E-state index is 13.4. The molecule has 1 fully saturated rings. The molecule has 30 heavy (non-hydrogen) atoms. The first-order valence-corrected chi connectivity index (χ1v) is 10.5. The molecule has 1 saturated heterocycles. The Morgan fingerprint density at radius 3 is 2.53 bits per heavy atom. The average Bonchev–Trinajstić information content (AvgIpc) is 3.01. The fourth-order valence-electron chi connectivity index (χ4n) is 4.45. The van der Waals surface area contributed by atoms with Gasteiger partial charge in [0.2, 0.25) is 11.8 Å². The predicted molar refractivity (Wildman–Crippen MR) is 113 cm³/mol. The van der Waals surface area contributed by atoms with Gasteiger partial charge in [0.1, 0.15) is 6.04 Å². The smallest absolute Gasteiger partial charge is 0.310 e. The summed E-state index contributed by atoms with van der Waals surface area (Å²) in [5.41, 5.74) is 0.548. The van der Waals surface area contributed by atoms with Crippen molar-refractivity contribution in [2.24, 2.45) is 23.7 Å². The van der Waals surface area contributed by atoms with E-state index in [4.69, 9.17) is 16.3 Å². The van der Waals surface area contributed by atoms with Crippen LogP contribution in [0.15, 0.2) is 36.4 Å². The van der Waals surface area contributed by atoms with Crippen LogP contribution in [0.4, 0.5) is 5.69 Å². The highest BCUT2D eigenvalue weighted by molar-refractivity contribution is 6.30. The molecule has 1 aromatic carbocycles. The molecule has 0 radical (unpaired) electrons. The summed E-state index contributed by atoms with van der Waals surface area (Å²) in [4.78, 5) is 40.7. The fourth-order valence-corrected chi connectivity index (χ4v) is 4.58. The summed E-state index contributed by atoms with van der Waals surface area (Å²) >= 11 is 5.91. The van der Waals surface area contributed by atoms with E-state index in [0.29, 0.717) is 10.7 Å². The summed E-state index contributed by atoms with van der Waals surface area (Å²) in [6.07, 6.45) is 3.71. The van der Waals surface area contributed by atoms with Crippen molar-refractivity contribution in [3.63, 3.8) is 0 Å². The van der Waals surface area contributed by atoms with E-state index in [-0.39, 0.29) is 30.9 Å². The number of hydrogen-bond donors (Lipinski definition) is 2. The molecule has 0 unspecified atom stereocenters. The van der Waals surface area contributed by atoms with Gasteiger partial charge in [-0.1, -0.05) is 30.7 Å². The maximum atomic E-state index is 13.4. The third-order valence-electron chi connectivity index (χ3n) is 5.89.